The summed E-state index contributed by atoms with van der Waals surface area (Å²) in [4.78, 5) is 40.1. The number of ether oxygens (including phenoxy) is 1. The molecule has 0 saturated heterocycles. The Morgan fingerprint density at radius 2 is 1.94 bits per heavy atom. The number of nitrogen functional groups attached to an aromatic ring is 1. The number of nitrogens with one attached hydrogen (secondary N) is 1. The zero-order valence-electron chi connectivity index (χ0n) is 18.5. The van der Waals surface area contributed by atoms with E-state index in [1.54, 1.807) is 31.2 Å². The molecule has 3 aromatic rings. The molecule has 33 heavy (non-hydrogen) atoms. The number of hydrogen-bond donors (Lipinski definition) is 3. The van der Waals surface area contributed by atoms with Crippen molar-refractivity contribution in [2.75, 3.05) is 30.9 Å². The number of rotatable bonds is 9. The molecule has 0 aliphatic rings. The van der Waals surface area contributed by atoms with Gasteiger partial charge in [-0.1, -0.05) is 18.2 Å². The Hall–Kier alpha value is -3.70. The highest BCUT2D eigenvalue weighted by molar-refractivity contribution is 7.09. The Labute approximate surface area is 194 Å². The van der Waals surface area contributed by atoms with Gasteiger partial charge < -0.3 is 25.9 Å². The van der Waals surface area contributed by atoms with E-state index in [0.29, 0.717) is 11.4 Å². The molecule has 2 aromatic heterocycles. The zero-order chi connectivity index (χ0) is 24.1. The number of carbonyl (C=O) groups excluding carboxylic acids is 3. The molecule has 174 valence electrons. The maximum atomic E-state index is 13.8. The third-order valence-corrected chi connectivity index (χ3v) is 5.74. The molecule has 2 heterocycles. The summed E-state index contributed by atoms with van der Waals surface area (Å²) in [6.45, 7) is 4.07. The van der Waals surface area contributed by atoms with Crippen LogP contribution in [0.25, 0.3) is 0 Å². The Balaban J connectivity index is 2.17. The maximum absolute atomic E-state index is 13.8. The molecule has 5 N–H and O–H groups in total. The van der Waals surface area contributed by atoms with Gasteiger partial charge in [-0.25, -0.2) is 0 Å². The molecule has 1 aromatic carbocycles. The number of aromatic nitrogens is 1. The monoisotopic (exact) mass is 471 g/mol. The van der Waals surface area contributed by atoms with Gasteiger partial charge in [-0.15, -0.1) is 0 Å². The fourth-order valence-corrected chi connectivity index (χ4v) is 4.03. The standard InChI is InChI=1S/C22H25N5O5S/c1-12-6-4-5-7-14(12)27(22(30)19-16(23)17(20(24)28)26-33-19)18(15-9-8-13(2)32-15)21(29)25-10-11-31-3/h4-9,18H,10-11,23H2,1-3H3,(H2,24,28)(H,25,29). The fourth-order valence-electron chi connectivity index (χ4n) is 3.29. The van der Waals surface area contributed by atoms with Crippen LogP contribution in [0.4, 0.5) is 11.4 Å². The van der Waals surface area contributed by atoms with Crippen molar-refractivity contribution in [2.45, 2.75) is 19.9 Å². The van der Waals surface area contributed by atoms with Crippen molar-refractivity contribution in [3.8, 4) is 0 Å². The molecule has 0 saturated carbocycles. The molecular formula is C22H25N5O5S. The molecule has 10 nitrogen and oxygen atoms in total. The predicted molar refractivity (Wildman–Crippen MR) is 124 cm³/mol. The van der Waals surface area contributed by atoms with E-state index in [2.05, 4.69) is 9.69 Å². The van der Waals surface area contributed by atoms with Crippen LogP contribution in [0, 0.1) is 13.8 Å². The summed E-state index contributed by atoms with van der Waals surface area (Å²) in [5.41, 5.74) is 12.2. The average Bonchev–Trinajstić information content (AvgIpc) is 3.37. The van der Waals surface area contributed by atoms with Crippen molar-refractivity contribution >= 4 is 40.6 Å². The number of primary amides is 1. The lowest BCUT2D eigenvalue weighted by Crippen LogP contribution is -2.45. The molecule has 0 spiro atoms. The molecule has 3 amide bonds. The third kappa shape index (κ3) is 5.04. The van der Waals surface area contributed by atoms with Gasteiger partial charge in [0.25, 0.3) is 17.7 Å². The summed E-state index contributed by atoms with van der Waals surface area (Å²) in [6.07, 6.45) is 0. The predicted octanol–water partition coefficient (Wildman–Crippen LogP) is 2.18. The maximum Gasteiger partial charge on any atom is 0.273 e. The molecule has 3 rings (SSSR count). The molecule has 0 bridgehead atoms. The first-order chi connectivity index (χ1) is 15.8. The van der Waals surface area contributed by atoms with Gasteiger partial charge in [0.2, 0.25) is 0 Å². The number of hydrogen-bond acceptors (Lipinski definition) is 8. The number of carbonyl (C=O) groups is 3. The molecule has 0 radical (unpaired) electrons. The first-order valence-corrected chi connectivity index (χ1v) is 10.8. The van der Waals surface area contributed by atoms with E-state index >= 15 is 0 Å². The topological polar surface area (TPSA) is 154 Å². The van der Waals surface area contributed by atoms with E-state index in [0.717, 1.165) is 17.1 Å². The summed E-state index contributed by atoms with van der Waals surface area (Å²) in [7, 11) is 1.52. The number of benzene rings is 1. The van der Waals surface area contributed by atoms with Crippen LogP contribution in [0.15, 0.2) is 40.8 Å². The number of amides is 3. The van der Waals surface area contributed by atoms with E-state index in [9.17, 15) is 14.4 Å². The number of methoxy groups -OCH3 is 1. The molecule has 11 heteroatoms. The minimum atomic E-state index is -1.16. The summed E-state index contributed by atoms with van der Waals surface area (Å²) in [6, 6.07) is 9.27. The van der Waals surface area contributed by atoms with Crippen molar-refractivity contribution in [1.29, 1.82) is 0 Å². The second-order valence-electron chi connectivity index (χ2n) is 7.23. The molecule has 1 unspecified atom stereocenters. The zero-order valence-corrected chi connectivity index (χ0v) is 19.3. The summed E-state index contributed by atoms with van der Waals surface area (Å²) in [5, 5.41) is 2.77. The molecule has 1 atom stereocenters. The van der Waals surface area contributed by atoms with E-state index in [4.69, 9.17) is 20.6 Å². The van der Waals surface area contributed by atoms with Crippen molar-refractivity contribution in [2.24, 2.45) is 5.73 Å². The normalized spacial score (nSPS) is 11.7. The second kappa shape index (κ2) is 10.3. The first-order valence-electron chi connectivity index (χ1n) is 10.0. The van der Waals surface area contributed by atoms with Crippen LogP contribution in [-0.4, -0.2) is 42.4 Å². The van der Waals surface area contributed by atoms with Crippen LogP contribution < -0.4 is 21.7 Å². The summed E-state index contributed by atoms with van der Waals surface area (Å²) < 4.78 is 14.7. The number of nitrogens with two attached hydrogens (primary N) is 2. The van der Waals surface area contributed by atoms with Gasteiger partial charge in [0.05, 0.1) is 12.3 Å². The quantitative estimate of drug-likeness (QED) is 0.404. The van der Waals surface area contributed by atoms with Gasteiger partial charge in [0.1, 0.15) is 16.4 Å². The van der Waals surface area contributed by atoms with Gasteiger partial charge in [0.15, 0.2) is 11.7 Å². The molecule has 0 aliphatic carbocycles. The number of nitrogens with zero attached hydrogens (tertiary/aromatic N) is 2. The number of para-hydroxylation sites is 1. The third-order valence-electron chi connectivity index (χ3n) is 4.89. The Bertz CT molecular complexity index is 1170. The van der Waals surface area contributed by atoms with Crippen LogP contribution in [-0.2, 0) is 9.53 Å². The SMILES string of the molecule is COCCNC(=O)C(c1ccc(C)o1)N(C(=O)c1snc(C(N)=O)c1N)c1ccccc1C. The lowest BCUT2D eigenvalue weighted by atomic mass is 10.1. The Kier molecular flexibility index (Phi) is 7.46. The van der Waals surface area contributed by atoms with Crippen LogP contribution in [0.5, 0.6) is 0 Å². The smallest absolute Gasteiger partial charge is 0.273 e. The highest BCUT2D eigenvalue weighted by Gasteiger charge is 2.38. The van der Waals surface area contributed by atoms with Gasteiger partial charge in [-0.2, -0.15) is 4.37 Å². The lowest BCUT2D eigenvalue weighted by molar-refractivity contribution is -0.123. The van der Waals surface area contributed by atoms with Gasteiger partial charge >= 0.3 is 0 Å². The average molecular weight is 472 g/mol. The first kappa shape index (κ1) is 24.0. The lowest BCUT2D eigenvalue weighted by Gasteiger charge is -2.30. The second-order valence-corrected chi connectivity index (χ2v) is 8.01. The summed E-state index contributed by atoms with van der Waals surface area (Å²) in [5.74, 6) is -1.10. The Morgan fingerprint density at radius 1 is 1.21 bits per heavy atom. The van der Waals surface area contributed by atoms with E-state index in [-0.39, 0.29) is 35.2 Å². The summed E-state index contributed by atoms with van der Waals surface area (Å²) >= 11 is 0.743. The van der Waals surface area contributed by atoms with Gasteiger partial charge in [0, 0.05) is 19.3 Å². The number of furan rings is 1. The highest BCUT2D eigenvalue weighted by Crippen LogP contribution is 2.35. The largest absolute Gasteiger partial charge is 0.464 e. The minimum absolute atomic E-state index is 0.00924. The molecule has 0 aliphatic heterocycles. The van der Waals surface area contributed by atoms with E-state index < -0.39 is 23.8 Å². The van der Waals surface area contributed by atoms with Crippen LogP contribution in [0.1, 0.15) is 43.3 Å². The minimum Gasteiger partial charge on any atom is -0.464 e. The highest BCUT2D eigenvalue weighted by atomic mass is 32.1. The van der Waals surface area contributed by atoms with Gasteiger partial charge in [-0.05, 0) is 49.1 Å². The van der Waals surface area contributed by atoms with Crippen LogP contribution in [0.3, 0.4) is 0 Å². The fraction of sp³-hybridized carbons (Fsp3) is 0.273. The van der Waals surface area contributed by atoms with Gasteiger partial charge in [-0.3, -0.25) is 19.3 Å². The van der Waals surface area contributed by atoms with Crippen molar-refractivity contribution in [1.82, 2.24) is 9.69 Å². The number of anilines is 2. The van der Waals surface area contributed by atoms with E-state index in [1.165, 1.54) is 12.0 Å². The van der Waals surface area contributed by atoms with Crippen molar-refractivity contribution in [3.05, 3.63) is 64.1 Å². The molecule has 0 fully saturated rings. The Morgan fingerprint density at radius 3 is 2.52 bits per heavy atom. The van der Waals surface area contributed by atoms with Crippen LogP contribution >= 0.6 is 11.5 Å². The van der Waals surface area contributed by atoms with Crippen LogP contribution in [0.2, 0.25) is 0 Å². The van der Waals surface area contributed by atoms with Crippen molar-refractivity contribution < 1.29 is 23.5 Å². The number of aryl methyl sites for hydroxylation is 2. The van der Waals surface area contributed by atoms with E-state index in [1.807, 2.05) is 19.1 Å². The molecular weight excluding hydrogens is 446 g/mol. The van der Waals surface area contributed by atoms with Crippen molar-refractivity contribution in [3.63, 3.8) is 0 Å².